The van der Waals surface area contributed by atoms with E-state index >= 15 is 0 Å². The van der Waals surface area contributed by atoms with Gasteiger partial charge in [-0.15, -0.1) is 0 Å². The van der Waals surface area contributed by atoms with E-state index in [1.807, 2.05) is 0 Å². The van der Waals surface area contributed by atoms with Crippen molar-refractivity contribution in [1.29, 1.82) is 0 Å². The number of nitrogens with zero attached hydrogens (tertiary/aromatic N) is 5. The summed E-state index contributed by atoms with van der Waals surface area (Å²) in [5.41, 5.74) is 2.74. The number of carboxylic acid groups (broad SMARTS) is 1. The van der Waals surface area contributed by atoms with E-state index in [4.69, 9.17) is 5.10 Å². The lowest BCUT2D eigenvalue weighted by molar-refractivity contribution is -0.0646. The number of halogens is 3. The second-order valence-electron chi connectivity index (χ2n) is 10.5. The van der Waals surface area contributed by atoms with Crippen LogP contribution in [0.5, 0.6) is 0 Å². The average Bonchev–Trinajstić information content (AvgIpc) is 3.22. The molecule has 10 heteroatoms. The third-order valence-electron chi connectivity index (χ3n) is 8.28. The van der Waals surface area contributed by atoms with Crippen LogP contribution in [0.25, 0.3) is 16.7 Å². The number of hydrogen-bond donors (Lipinski definition) is 1. The Hall–Kier alpha value is -3.14. The Kier molecular flexibility index (Phi) is 6.09. The molecule has 1 aliphatic carbocycles. The van der Waals surface area contributed by atoms with Crippen molar-refractivity contribution in [3.63, 3.8) is 0 Å². The number of anilines is 1. The van der Waals surface area contributed by atoms with Crippen LogP contribution in [0.4, 0.5) is 18.9 Å². The summed E-state index contributed by atoms with van der Waals surface area (Å²) >= 11 is 0. The highest BCUT2D eigenvalue weighted by Crippen LogP contribution is 2.43. The predicted octanol–water partition coefficient (Wildman–Crippen LogP) is 5.23. The first-order valence-corrected chi connectivity index (χ1v) is 13.1. The SMILES string of the molecule is O=C(O)c1cc(N2CCC(N3CCC(F)(F)CC3)CC2)c2c(C3CCC3)nn(-c3ccc(F)cc3)c2n1. The number of pyridine rings is 1. The van der Waals surface area contributed by atoms with Crippen molar-refractivity contribution in [2.24, 2.45) is 0 Å². The highest BCUT2D eigenvalue weighted by atomic mass is 19.3. The molecule has 0 radical (unpaired) electrons. The van der Waals surface area contributed by atoms with Crippen molar-refractivity contribution in [3.8, 4) is 5.69 Å². The third kappa shape index (κ3) is 4.56. The van der Waals surface area contributed by atoms with Gasteiger partial charge in [-0.1, -0.05) is 6.42 Å². The van der Waals surface area contributed by atoms with E-state index in [0.717, 1.165) is 48.9 Å². The number of benzene rings is 1. The molecule has 3 aliphatic rings. The molecule has 3 aromatic rings. The molecule has 6 rings (SSSR count). The summed E-state index contributed by atoms with van der Waals surface area (Å²) in [6.07, 6.45) is 4.60. The summed E-state index contributed by atoms with van der Waals surface area (Å²) in [6, 6.07) is 7.84. The maximum atomic E-state index is 13.6. The Morgan fingerprint density at radius 2 is 1.68 bits per heavy atom. The van der Waals surface area contributed by atoms with Crippen LogP contribution < -0.4 is 4.90 Å². The molecule has 3 fully saturated rings. The van der Waals surface area contributed by atoms with Crippen molar-refractivity contribution >= 4 is 22.7 Å². The molecule has 37 heavy (non-hydrogen) atoms. The molecule has 2 aromatic heterocycles. The lowest BCUT2D eigenvalue weighted by atomic mass is 9.82. The highest BCUT2D eigenvalue weighted by Gasteiger charge is 2.37. The van der Waals surface area contributed by atoms with Crippen LogP contribution in [-0.2, 0) is 0 Å². The van der Waals surface area contributed by atoms with Gasteiger partial charge in [-0.25, -0.2) is 27.6 Å². The lowest BCUT2D eigenvalue weighted by Crippen LogP contribution is -2.49. The van der Waals surface area contributed by atoms with Crippen LogP contribution in [0.15, 0.2) is 30.3 Å². The first-order chi connectivity index (χ1) is 17.8. The number of alkyl halides is 2. The Balaban J connectivity index is 1.37. The number of carboxylic acids is 1. The van der Waals surface area contributed by atoms with E-state index in [0.29, 0.717) is 37.5 Å². The zero-order chi connectivity index (χ0) is 25.7. The molecule has 1 aromatic carbocycles. The third-order valence-corrected chi connectivity index (χ3v) is 8.28. The van der Waals surface area contributed by atoms with Gasteiger partial charge in [0, 0.05) is 51.0 Å². The number of rotatable bonds is 5. The summed E-state index contributed by atoms with van der Waals surface area (Å²) in [5.74, 6) is -3.77. The molecule has 1 saturated carbocycles. The first-order valence-electron chi connectivity index (χ1n) is 13.1. The van der Waals surface area contributed by atoms with Gasteiger partial charge in [-0.2, -0.15) is 5.10 Å². The van der Waals surface area contributed by atoms with Crippen LogP contribution in [0.2, 0.25) is 0 Å². The first kappa shape index (κ1) is 24.2. The van der Waals surface area contributed by atoms with Crippen molar-refractivity contribution < 1.29 is 23.1 Å². The van der Waals surface area contributed by atoms with E-state index in [1.54, 1.807) is 22.9 Å². The summed E-state index contributed by atoms with van der Waals surface area (Å²) in [5, 5.41) is 15.6. The number of carbonyl (C=O) groups is 1. The standard InChI is InChI=1S/C27H30F3N5O2/c28-18-4-6-20(7-5-18)35-25-23(24(32-35)17-2-1-3-17)22(16-21(31-25)26(36)37)34-12-8-19(9-13-34)33-14-10-27(29,30)11-15-33/h4-7,16-17,19H,1-3,8-15H2,(H,36,37). The molecular weight excluding hydrogens is 483 g/mol. The fraction of sp³-hybridized carbons (Fsp3) is 0.519. The van der Waals surface area contributed by atoms with Gasteiger partial charge in [-0.3, -0.25) is 4.90 Å². The Morgan fingerprint density at radius 1 is 1.00 bits per heavy atom. The molecule has 0 bridgehead atoms. The lowest BCUT2D eigenvalue weighted by Gasteiger charge is -2.42. The van der Waals surface area contributed by atoms with Crippen molar-refractivity contribution in [3.05, 3.63) is 47.5 Å². The molecular formula is C27H30F3N5O2. The normalized spacial score (nSPS) is 21.3. The van der Waals surface area contributed by atoms with Crippen LogP contribution in [0.1, 0.15) is 67.0 Å². The summed E-state index contributed by atoms with van der Waals surface area (Å²) in [6.45, 7) is 2.22. The van der Waals surface area contributed by atoms with Crippen molar-refractivity contribution in [2.45, 2.75) is 62.8 Å². The fourth-order valence-electron chi connectivity index (χ4n) is 5.90. The van der Waals surface area contributed by atoms with E-state index < -0.39 is 11.9 Å². The average molecular weight is 514 g/mol. The van der Waals surface area contributed by atoms with E-state index in [2.05, 4.69) is 14.8 Å². The van der Waals surface area contributed by atoms with Gasteiger partial charge >= 0.3 is 5.97 Å². The molecule has 1 N–H and O–H groups in total. The minimum Gasteiger partial charge on any atom is -0.477 e. The van der Waals surface area contributed by atoms with E-state index in [1.165, 1.54) is 12.1 Å². The molecule has 2 saturated heterocycles. The zero-order valence-corrected chi connectivity index (χ0v) is 20.5. The Bertz CT molecular complexity index is 1300. The van der Waals surface area contributed by atoms with Gasteiger partial charge < -0.3 is 10.0 Å². The van der Waals surface area contributed by atoms with E-state index in [-0.39, 0.29) is 36.3 Å². The van der Waals surface area contributed by atoms with Gasteiger partial charge in [0.15, 0.2) is 11.3 Å². The maximum Gasteiger partial charge on any atom is 0.354 e. The summed E-state index contributed by atoms with van der Waals surface area (Å²) in [4.78, 5) is 20.9. The molecule has 4 heterocycles. The smallest absolute Gasteiger partial charge is 0.354 e. The predicted molar refractivity (Wildman–Crippen MR) is 133 cm³/mol. The monoisotopic (exact) mass is 513 g/mol. The van der Waals surface area contributed by atoms with Gasteiger partial charge in [-0.05, 0) is 56.0 Å². The number of aromatic nitrogens is 3. The summed E-state index contributed by atoms with van der Waals surface area (Å²) < 4.78 is 42.6. The minimum atomic E-state index is -2.56. The van der Waals surface area contributed by atoms with Crippen LogP contribution >= 0.6 is 0 Å². The molecule has 7 nitrogen and oxygen atoms in total. The number of likely N-dealkylation sites (tertiary alicyclic amines) is 1. The zero-order valence-electron chi connectivity index (χ0n) is 20.5. The minimum absolute atomic E-state index is 0.0636. The molecule has 2 aliphatic heterocycles. The second kappa shape index (κ2) is 9.31. The Labute approximate surface area is 212 Å². The van der Waals surface area contributed by atoms with Gasteiger partial charge in [0.1, 0.15) is 5.82 Å². The molecule has 0 atom stereocenters. The van der Waals surface area contributed by atoms with Crippen molar-refractivity contribution in [1.82, 2.24) is 19.7 Å². The molecule has 0 unspecified atom stereocenters. The van der Waals surface area contributed by atoms with Gasteiger partial charge in [0.25, 0.3) is 5.92 Å². The number of aromatic carboxylic acids is 1. The quantitative estimate of drug-likeness (QED) is 0.504. The summed E-state index contributed by atoms with van der Waals surface area (Å²) in [7, 11) is 0. The Morgan fingerprint density at radius 3 is 2.27 bits per heavy atom. The topological polar surface area (TPSA) is 74.5 Å². The van der Waals surface area contributed by atoms with Crippen LogP contribution in [-0.4, -0.2) is 68.9 Å². The fourth-order valence-corrected chi connectivity index (χ4v) is 5.90. The number of fused-ring (bicyclic) bond motifs is 1. The maximum absolute atomic E-state index is 13.6. The van der Waals surface area contributed by atoms with E-state index in [9.17, 15) is 23.1 Å². The number of piperidine rings is 2. The largest absolute Gasteiger partial charge is 0.477 e. The van der Waals surface area contributed by atoms with Crippen LogP contribution in [0.3, 0.4) is 0 Å². The second-order valence-corrected chi connectivity index (χ2v) is 10.5. The number of hydrogen-bond acceptors (Lipinski definition) is 5. The van der Waals surface area contributed by atoms with Gasteiger partial charge in [0.2, 0.25) is 0 Å². The van der Waals surface area contributed by atoms with Crippen molar-refractivity contribution in [2.75, 3.05) is 31.1 Å². The van der Waals surface area contributed by atoms with Gasteiger partial charge in [0.05, 0.1) is 22.5 Å². The molecule has 0 amide bonds. The highest BCUT2D eigenvalue weighted by molar-refractivity contribution is 5.98. The molecule has 196 valence electrons. The molecule has 0 spiro atoms. The van der Waals surface area contributed by atoms with Crippen LogP contribution in [0, 0.1) is 5.82 Å².